The summed E-state index contributed by atoms with van der Waals surface area (Å²) in [5.74, 6) is 1.22. The first-order valence-electron chi connectivity index (χ1n) is 10.2. The minimum Gasteiger partial charge on any atom is -0.378 e. The number of thiophene rings is 1. The van der Waals surface area contributed by atoms with Crippen molar-refractivity contribution >= 4 is 51.0 Å². The van der Waals surface area contributed by atoms with Crippen LogP contribution in [0.25, 0.3) is 15.8 Å². The zero-order chi connectivity index (χ0) is 23.4. The van der Waals surface area contributed by atoms with Crippen LogP contribution in [-0.2, 0) is 11.3 Å². The summed E-state index contributed by atoms with van der Waals surface area (Å²) < 4.78 is 6.51. The molecule has 4 heterocycles. The summed E-state index contributed by atoms with van der Waals surface area (Å²) in [6.45, 7) is 7.41. The maximum absolute atomic E-state index is 11.5. The van der Waals surface area contributed by atoms with E-state index in [-0.39, 0.29) is 5.56 Å². The molecule has 0 atom stereocenters. The van der Waals surface area contributed by atoms with Crippen LogP contribution < -0.4 is 15.3 Å². The second kappa shape index (κ2) is 9.98. The molecule has 3 aromatic rings. The van der Waals surface area contributed by atoms with E-state index in [4.69, 9.17) is 19.9 Å². The quantitative estimate of drug-likeness (QED) is 0.303. The number of hydroxylamine groups is 1. The fraction of sp³-hybridized carbons (Fsp3) is 0.333. The Morgan fingerprint density at radius 3 is 2.76 bits per heavy atom. The van der Waals surface area contributed by atoms with Gasteiger partial charge in [-0.1, -0.05) is 6.58 Å². The summed E-state index contributed by atoms with van der Waals surface area (Å²) in [4.78, 5) is 38.6. The Morgan fingerprint density at radius 1 is 1.36 bits per heavy atom. The molecule has 4 rings (SSSR count). The van der Waals surface area contributed by atoms with Gasteiger partial charge in [0.1, 0.15) is 0 Å². The van der Waals surface area contributed by atoms with E-state index in [9.17, 15) is 4.79 Å². The van der Waals surface area contributed by atoms with Gasteiger partial charge in [-0.3, -0.25) is 15.0 Å². The number of anilines is 2. The molecule has 11 nitrogen and oxygen atoms in total. The van der Waals surface area contributed by atoms with Gasteiger partial charge in [0, 0.05) is 56.2 Å². The first-order valence-corrected chi connectivity index (χ1v) is 11.0. The van der Waals surface area contributed by atoms with Crippen LogP contribution in [-0.4, -0.2) is 77.7 Å². The summed E-state index contributed by atoms with van der Waals surface area (Å²) in [5, 5.41) is 8.73. The molecule has 3 aromatic heterocycles. The second-order valence-corrected chi connectivity index (χ2v) is 8.52. The molecule has 12 heteroatoms. The van der Waals surface area contributed by atoms with E-state index in [2.05, 4.69) is 26.4 Å². The molecule has 1 aliphatic heterocycles. The molecule has 2 N–H and O–H groups in total. The molecule has 0 bridgehead atoms. The van der Waals surface area contributed by atoms with E-state index in [0.717, 1.165) is 34.0 Å². The monoisotopic (exact) mass is 468 g/mol. The molecule has 0 saturated carbocycles. The van der Waals surface area contributed by atoms with Crippen LogP contribution in [0.15, 0.2) is 30.0 Å². The number of aliphatic imine (C=N–C) groups is 1. The molecule has 1 fully saturated rings. The van der Waals surface area contributed by atoms with Gasteiger partial charge in [-0.05, 0) is 6.07 Å². The number of rotatable bonds is 7. The van der Waals surface area contributed by atoms with E-state index in [1.165, 1.54) is 12.4 Å². The topological polar surface area (TPSA) is 129 Å². The van der Waals surface area contributed by atoms with E-state index < -0.39 is 5.91 Å². The Bertz CT molecular complexity index is 1190. The molecule has 33 heavy (non-hydrogen) atoms. The van der Waals surface area contributed by atoms with Gasteiger partial charge in [0.05, 0.1) is 35.5 Å². The standard InChI is InChI=1S/C21H24N8O3S/c1-13(9-22-2)18-25-16-8-15(33-17(16)19(26-18)29-4-6-32-7-5-29)12-28(3)21-23-10-14(11-24-21)20(30)27-31/h8-11,31H,1,4-7,12H2,2-3H3,(H,27,30)/b22-9-. The molecule has 1 aliphatic rings. The largest absolute Gasteiger partial charge is 0.378 e. The number of aromatic nitrogens is 4. The lowest BCUT2D eigenvalue weighted by atomic mass is 10.2. The highest BCUT2D eigenvalue weighted by atomic mass is 32.1. The van der Waals surface area contributed by atoms with E-state index in [0.29, 0.717) is 37.1 Å². The van der Waals surface area contributed by atoms with E-state index in [1.54, 1.807) is 30.1 Å². The molecular weight excluding hydrogens is 444 g/mol. The summed E-state index contributed by atoms with van der Waals surface area (Å²) in [6, 6.07) is 2.04. The average molecular weight is 469 g/mol. The lowest BCUT2D eigenvalue weighted by Crippen LogP contribution is -2.37. The third-order valence-corrected chi connectivity index (χ3v) is 6.13. The van der Waals surface area contributed by atoms with Crippen LogP contribution in [0.3, 0.4) is 0 Å². The van der Waals surface area contributed by atoms with Crippen LogP contribution >= 0.6 is 11.3 Å². The van der Waals surface area contributed by atoms with Crippen molar-refractivity contribution in [2.24, 2.45) is 4.99 Å². The Labute approximate surface area is 194 Å². The molecule has 172 valence electrons. The van der Waals surface area contributed by atoms with Crippen LogP contribution in [0.5, 0.6) is 0 Å². The maximum atomic E-state index is 11.5. The molecule has 0 radical (unpaired) electrons. The van der Waals surface area contributed by atoms with Gasteiger partial charge in [0.15, 0.2) is 11.6 Å². The number of allylic oxidation sites excluding steroid dienone is 1. The predicted molar refractivity (Wildman–Crippen MR) is 127 cm³/mol. The molecule has 0 aliphatic carbocycles. The fourth-order valence-electron chi connectivity index (χ4n) is 3.39. The SMILES string of the molecule is C=C(/C=N\C)c1nc(N2CCOCC2)c2sc(CN(C)c3ncc(C(=O)NO)cn3)cc2n1. The highest BCUT2D eigenvalue weighted by Crippen LogP contribution is 2.34. The van der Waals surface area contributed by atoms with Crippen LogP contribution in [0, 0.1) is 0 Å². The van der Waals surface area contributed by atoms with Crippen molar-refractivity contribution in [3.8, 4) is 0 Å². The van der Waals surface area contributed by atoms with E-state index >= 15 is 0 Å². The maximum Gasteiger partial charge on any atom is 0.277 e. The van der Waals surface area contributed by atoms with Gasteiger partial charge in [0.2, 0.25) is 5.95 Å². The Morgan fingerprint density at radius 2 is 2.09 bits per heavy atom. The number of nitrogens with zero attached hydrogens (tertiary/aromatic N) is 7. The molecular formula is C21H24N8O3S. The van der Waals surface area contributed by atoms with Crippen LogP contribution in [0.1, 0.15) is 21.1 Å². The lowest BCUT2D eigenvalue weighted by molar-refractivity contribution is 0.0705. The number of carbonyl (C=O) groups is 1. The second-order valence-electron chi connectivity index (χ2n) is 7.38. The minimum absolute atomic E-state index is 0.172. The van der Waals surface area contributed by atoms with Crippen molar-refractivity contribution in [1.29, 1.82) is 0 Å². The average Bonchev–Trinajstić information content (AvgIpc) is 3.26. The zero-order valence-electron chi connectivity index (χ0n) is 18.4. The first-order chi connectivity index (χ1) is 16.0. The zero-order valence-corrected chi connectivity index (χ0v) is 19.2. The highest BCUT2D eigenvalue weighted by molar-refractivity contribution is 7.19. The molecule has 0 aromatic carbocycles. The molecule has 1 amide bonds. The van der Waals surface area contributed by atoms with Crippen molar-refractivity contribution in [1.82, 2.24) is 25.4 Å². The highest BCUT2D eigenvalue weighted by Gasteiger charge is 2.21. The fourth-order valence-corrected chi connectivity index (χ4v) is 4.56. The predicted octanol–water partition coefficient (Wildman–Crippen LogP) is 1.79. The number of ether oxygens (including phenoxy) is 1. The van der Waals surface area contributed by atoms with Crippen LogP contribution in [0.4, 0.5) is 11.8 Å². The summed E-state index contributed by atoms with van der Waals surface area (Å²) in [6.07, 6.45) is 4.39. The Kier molecular flexibility index (Phi) is 6.87. The third-order valence-electron chi connectivity index (χ3n) is 5.02. The lowest BCUT2D eigenvalue weighted by Gasteiger charge is -2.28. The van der Waals surface area contributed by atoms with Gasteiger partial charge in [-0.15, -0.1) is 11.3 Å². The van der Waals surface area contributed by atoms with Gasteiger partial charge >= 0.3 is 0 Å². The number of morpholine rings is 1. The number of nitrogens with one attached hydrogen (secondary N) is 1. The normalized spacial score (nSPS) is 14.1. The van der Waals surface area contributed by atoms with Crippen molar-refractivity contribution in [3.63, 3.8) is 0 Å². The number of hydrogen-bond donors (Lipinski definition) is 2. The van der Waals surface area contributed by atoms with Gasteiger partial charge in [-0.25, -0.2) is 25.4 Å². The van der Waals surface area contributed by atoms with Gasteiger partial charge < -0.3 is 14.5 Å². The van der Waals surface area contributed by atoms with Crippen molar-refractivity contribution in [2.75, 3.05) is 50.2 Å². The van der Waals surface area contributed by atoms with Crippen LogP contribution in [0.2, 0.25) is 0 Å². The first kappa shape index (κ1) is 22.7. The third kappa shape index (κ3) is 4.97. The van der Waals surface area contributed by atoms with Crippen molar-refractivity contribution < 1.29 is 14.7 Å². The minimum atomic E-state index is -0.659. The Balaban J connectivity index is 1.64. The van der Waals surface area contributed by atoms with Crippen molar-refractivity contribution in [3.05, 3.63) is 41.3 Å². The number of amides is 1. The molecule has 0 spiro atoms. The van der Waals surface area contributed by atoms with E-state index in [1.807, 2.05) is 18.0 Å². The number of fused-ring (bicyclic) bond motifs is 1. The number of carbonyl (C=O) groups excluding carboxylic acids is 1. The molecule has 0 unspecified atom stereocenters. The summed E-state index contributed by atoms with van der Waals surface area (Å²) in [5.41, 5.74) is 3.23. The van der Waals surface area contributed by atoms with Gasteiger partial charge in [-0.2, -0.15) is 0 Å². The Hall–Kier alpha value is -3.48. The number of hydrogen-bond acceptors (Lipinski definition) is 11. The summed E-state index contributed by atoms with van der Waals surface area (Å²) >= 11 is 1.62. The molecule has 1 saturated heterocycles. The van der Waals surface area contributed by atoms with Gasteiger partial charge in [0.25, 0.3) is 5.91 Å². The summed E-state index contributed by atoms with van der Waals surface area (Å²) in [7, 11) is 3.56. The van der Waals surface area contributed by atoms with Crippen molar-refractivity contribution in [2.45, 2.75) is 6.54 Å². The smallest absolute Gasteiger partial charge is 0.277 e.